The minimum absolute atomic E-state index is 0.264. The summed E-state index contributed by atoms with van der Waals surface area (Å²) in [6.45, 7) is -0.113. The average molecular weight is 582 g/mol. The van der Waals surface area contributed by atoms with Gasteiger partial charge in [-0.05, 0) is 12.8 Å². The van der Waals surface area contributed by atoms with Crippen molar-refractivity contribution < 1.29 is 39.4 Å². The third-order valence-corrected chi connectivity index (χ3v) is 7.12. The Labute approximate surface area is 233 Å². The number of anilines is 1. The second kappa shape index (κ2) is 13.6. The Morgan fingerprint density at radius 2 is 1.73 bits per heavy atom. The molecule has 7 N–H and O–H groups in total. The molecule has 17 heteroatoms. The summed E-state index contributed by atoms with van der Waals surface area (Å²) in [5.74, 6) is -0.0964. The molecule has 3 aromatic heterocycles. The standard InChI is InChI=1S/C13H20N2O6.C11H15N5O4/c1-20-6-2-3-8-11(18)9(7-16)21-12(8)15-5-4-10(17)14-13(15)19;1-19-8-7(18)5(2-17)20-11(8)16-4-15-6-9(12)13-3-14-10(6)16/h4-5,8-9,11-12,16,18H,2-3,6-7H2,1H3,(H,14,17,19);3-5,7-8,11,17-18H,2H2,1H3,(H2,12,13,14)/t8?,9-,11-,12-;5-,7+,8?,11-/m11/s1. The zero-order valence-electron chi connectivity index (χ0n) is 22.5. The van der Waals surface area contributed by atoms with E-state index in [1.54, 1.807) is 11.7 Å². The second-order valence-electron chi connectivity index (χ2n) is 9.58. The van der Waals surface area contributed by atoms with Crippen molar-refractivity contribution in [3.05, 3.63) is 45.8 Å². The fourth-order valence-corrected chi connectivity index (χ4v) is 5.04. The van der Waals surface area contributed by atoms with Crippen LogP contribution in [0.4, 0.5) is 5.82 Å². The van der Waals surface area contributed by atoms with E-state index in [0.717, 1.165) is 0 Å². The van der Waals surface area contributed by atoms with Gasteiger partial charge < -0.3 is 45.1 Å². The number of nitrogens with two attached hydrogens (primary N) is 1. The fraction of sp³-hybridized carbons (Fsp3) is 0.625. The number of hydrogen-bond donors (Lipinski definition) is 6. The number of aromatic nitrogens is 6. The van der Waals surface area contributed by atoms with E-state index < -0.39 is 54.2 Å². The molecular weight excluding hydrogens is 546 g/mol. The lowest BCUT2D eigenvalue weighted by Crippen LogP contribution is -2.35. The van der Waals surface area contributed by atoms with E-state index >= 15 is 0 Å². The van der Waals surface area contributed by atoms with Crippen LogP contribution in [0.15, 0.2) is 34.5 Å². The smallest absolute Gasteiger partial charge is 0.330 e. The van der Waals surface area contributed by atoms with Crippen LogP contribution in [0.25, 0.3) is 11.2 Å². The maximum absolute atomic E-state index is 11.9. The minimum atomic E-state index is -0.938. The van der Waals surface area contributed by atoms with E-state index in [9.17, 15) is 30.0 Å². The molecule has 2 aliphatic heterocycles. The molecule has 0 aliphatic carbocycles. The molecule has 17 nitrogen and oxygen atoms in total. The highest BCUT2D eigenvalue weighted by Crippen LogP contribution is 2.37. The number of aliphatic hydroxyl groups is 4. The van der Waals surface area contributed by atoms with Crippen LogP contribution < -0.4 is 17.0 Å². The predicted molar refractivity (Wildman–Crippen MR) is 140 cm³/mol. The lowest BCUT2D eigenvalue weighted by atomic mass is 9.94. The third kappa shape index (κ3) is 6.31. The lowest BCUT2D eigenvalue weighted by Gasteiger charge is -2.21. The van der Waals surface area contributed by atoms with Crippen molar-refractivity contribution in [2.45, 2.75) is 55.8 Å². The van der Waals surface area contributed by atoms with E-state index in [-0.39, 0.29) is 24.9 Å². The topological polar surface area (TPSA) is 242 Å². The van der Waals surface area contributed by atoms with Gasteiger partial charge in [0.25, 0.3) is 5.56 Å². The van der Waals surface area contributed by atoms with Gasteiger partial charge in [0.15, 0.2) is 17.7 Å². The second-order valence-corrected chi connectivity index (χ2v) is 9.58. The molecule has 2 aliphatic rings. The number of rotatable bonds is 9. The van der Waals surface area contributed by atoms with Gasteiger partial charge in [0.2, 0.25) is 0 Å². The zero-order chi connectivity index (χ0) is 29.7. The molecule has 2 fully saturated rings. The summed E-state index contributed by atoms with van der Waals surface area (Å²) >= 11 is 0. The Morgan fingerprint density at radius 3 is 2.39 bits per heavy atom. The molecule has 2 saturated heterocycles. The van der Waals surface area contributed by atoms with Crippen molar-refractivity contribution in [3.63, 3.8) is 0 Å². The molecule has 3 aromatic rings. The number of hydrogen-bond acceptors (Lipinski definition) is 14. The number of imidazole rings is 1. The van der Waals surface area contributed by atoms with Gasteiger partial charge in [0.05, 0.1) is 25.6 Å². The van der Waals surface area contributed by atoms with Crippen molar-refractivity contribution in [3.8, 4) is 0 Å². The van der Waals surface area contributed by atoms with Crippen molar-refractivity contribution in [2.75, 3.05) is 39.8 Å². The van der Waals surface area contributed by atoms with Crippen LogP contribution in [-0.4, -0.2) is 114 Å². The molecule has 226 valence electrons. The number of methoxy groups -OCH3 is 2. The summed E-state index contributed by atoms with van der Waals surface area (Å²) in [5, 5.41) is 38.7. The molecule has 0 amide bonds. The Bertz CT molecular complexity index is 1400. The molecule has 41 heavy (non-hydrogen) atoms. The highest BCUT2D eigenvalue weighted by molar-refractivity contribution is 5.81. The number of H-pyrrole nitrogens is 1. The van der Waals surface area contributed by atoms with Crippen molar-refractivity contribution in [1.29, 1.82) is 0 Å². The quantitative estimate of drug-likeness (QED) is 0.143. The molecule has 0 spiro atoms. The number of nitrogens with one attached hydrogen (secondary N) is 1. The predicted octanol–water partition coefficient (Wildman–Crippen LogP) is -2.50. The highest BCUT2D eigenvalue weighted by Gasteiger charge is 2.46. The largest absolute Gasteiger partial charge is 0.394 e. The van der Waals surface area contributed by atoms with E-state index in [2.05, 4.69) is 19.9 Å². The summed E-state index contributed by atoms with van der Waals surface area (Å²) in [6, 6.07) is 1.22. The Balaban J connectivity index is 0.000000189. The van der Waals surface area contributed by atoms with E-state index in [0.29, 0.717) is 30.6 Å². The molecule has 8 atom stereocenters. The van der Waals surface area contributed by atoms with Crippen LogP contribution in [-0.2, 0) is 18.9 Å². The number of nitrogen functional groups attached to an aromatic ring is 1. The fourth-order valence-electron chi connectivity index (χ4n) is 5.04. The first-order valence-corrected chi connectivity index (χ1v) is 12.9. The summed E-state index contributed by atoms with van der Waals surface area (Å²) in [5.41, 5.74) is 5.56. The van der Waals surface area contributed by atoms with E-state index in [4.69, 9.17) is 24.7 Å². The number of ether oxygens (including phenoxy) is 4. The van der Waals surface area contributed by atoms with Crippen LogP contribution in [0.2, 0.25) is 0 Å². The summed E-state index contributed by atoms with van der Waals surface area (Å²) in [7, 11) is 3.05. The van der Waals surface area contributed by atoms with Crippen LogP contribution >= 0.6 is 0 Å². The molecule has 5 heterocycles. The number of nitrogens with zero attached hydrogens (tertiary/aromatic N) is 5. The molecule has 0 saturated carbocycles. The lowest BCUT2D eigenvalue weighted by molar-refractivity contribution is -0.0583. The average Bonchev–Trinajstić information content (AvgIpc) is 3.63. The van der Waals surface area contributed by atoms with Gasteiger partial charge in [-0.25, -0.2) is 19.7 Å². The van der Waals surface area contributed by atoms with Gasteiger partial charge in [-0.1, -0.05) is 0 Å². The Hall–Kier alpha value is -3.29. The minimum Gasteiger partial charge on any atom is -0.394 e. The van der Waals surface area contributed by atoms with E-state index in [1.165, 1.54) is 36.6 Å². The van der Waals surface area contributed by atoms with Crippen molar-refractivity contribution >= 4 is 17.0 Å². The van der Waals surface area contributed by atoms with Gasteiger partial charge in [-0.2, -0.15) is 0 Å². The first-order chi connectivity index (χ1) is 19.7. The number of aromatic amines is 1. The highest BCUT2D eigenvalue weighted by atomic mass is 16.6. The summed E-state index contributed by atoms with van der Waals surface area (Å²) in [6.07, 6.45) is 0.124. The number of aliphatic hydroxyl groups excluding tert-OH is 4. The maximum atomic E-state index is 11.9. The van der Waals surface area contributed by atoms with Gasteiger partial charge in [0, 0.05) is 39.0 Å². The SMILES string of the molecule is COC1[C@@H](O)[C@@H](CO)O[C@H]1n1cnc2c(N)ncnc21.COCCCC1[C@@H](O)[C@@H](CO)O[C@H]1n1ccc(=O)[nH]c1=O. The number of fused-ring (bicyclic) bond motifs is 1. The van der Waals surface area contributed by atoms with Crippen LogP contribution in [0.5, 0.6) is 0 Å². The van der Waals surface area contributed by atoms with Gasteiger partial charge in [-0.3, -0.25) is 18.9 Å². The van der Waals surface area contributed by atoms with Crippen molar-refractivity contribution in [2.24, 2.45) is 5.92 Å². The zero-order valence-corrected chi connectivity index (χ0v) is 22.5. The first-order valence-electron chi connectivity index (χ1n) is 12.9. The van der Waals surface area contributed by atoms with Crippen LogP contribution in [0.1, 0.15) is 25.3 Å². The summed E-state index contributed by atoms with van der Waals surface area (Å²) in [4.78, 5) is 37.3. The Morgan fingerprint density at radius 1 is 1.02 bits per heavy atom. The van der Waals surface area contributed by atoms with Crippen molar-refractivity contribution in [1.82, 2.24) is 29.1 Å². The summed E-state index contributed by atoms with van der Waals surface area (Å²) < 4.78 is 24.3. The molecule has 0 radical (unpaired) electrons. The monoisotopic (exact) mass is 581 g/mol. The van der Waals surface area contributed by atoms with Crippen LogP contribution in [0.3, 0.4) is 0 Å². The maximum Gasteiger partial charge on any atom is 0.330 e. The normalized spacial score (nSPS) is 29.5. The van der Waals surface area contributed by atoms with Gasteiger partial charge in [-0.15, -0.1) is 0 Å². The van der Waals surface area contributed by atoms with Crippen LogP contribution in [0, 0.1) is 5.92 Å². The first kappa shape index (κ1) is 30.7. The molecule has 0 aromatic carbocycles. The third-order valence-electron chi connectivity index (χ3n) is 7.12. The molecule has 0 bridgehead atoms. The molecular formula is C24H35N7O10. The van der Waals surface area contributed by atoms with Gasteiger partial charge >= 0.3 is 5.69 Å². The van der Waals surface area contributed by atoms with E-state index in [1.807, 2.05) is 0 Å². The molecule has 2 unspecified atom stereocenters. The Kier molecular flexibility index (Phi) is 10.2. The van der Waals surface area contributed by atoms with Gasteiger partial charge in [0.1, 0.15) is 42.5 Å². The molecule has 5 rings (SSSR count).